The van der Waals surface area contributed by atoms with Crippen molar-refractivity contribution in [3.8, 4) is 0 Å². The topological polar surface area (TPSA) is 80.3 Å². The van der Waals surface area contributed by atoms with Crippen molar-refractivity contribution in [2.75, 3.05) is 49.3 Å². The highest BCUT2D eigenvalue weighted by Gasteiger charge is 2.35. The zero-order chi connectivity index (χ0) is 39.8. The summed E-state index contributed by atoms with van der Waals surface area (Å²) < 4.78 is 0. The molecule has 2 aromatic carbocycles. The molecule has 0 aliphatic heterocycles. The first-order valence-corrected chi connectivity index (χ1v) is 27.4. The van der Waals surface area contributed by atoms with E-state index < -0.39 is 26.5 Å². The molecule has 0 unspecified atom stereocenters. The van der Waals surface area contributed by atoms with E-state index >= 15 is 0 Å². The van der Waals surface area contributed by atoms with Crippen LogP contribution in [0.15, 0.2) is 58.3 Å². The van der Waals surface area contributed by atoms with Crippen molar-refractivity contribution in [3.63, 3.8) is 0 Å². The zero-order valence-electron chi connectivity index (χ0n) is 35.5. The van der Waals surface area contributed by atoms with Gasteiger partial charge in [-0.3, -0.25) is 0 Å². The maximum atomic E-state index is 11.0. The van der Waals surface area contributed by atoms with Crippen LogP contribution in [0.5, 0.6) is 0 Å². The molecule has 0 radical (unpaired) electrons. The Morgan fingerprint density at radius 3 is 0.811 bits per heavy atom. The minimum atomic E-state index is -1.30. The number of unbranched alkanes of at least 4 members (excludes halogenated alkanes) is 8. The quantitative estimate of drug-likeness (QED) is 0.0802. The summed E-state index contributed by atoms with van der Waals surface area (Å²) in [6, 6.07) is 12.6. The van der Waals surface area contributed by atoms with Crippen LogP contribution in [0.3, 0.4) is 0 Å². The molecule has 7 heteroatoms. The molecule has 2 rings (SSSR count). The molecule has 0 amide bonds. The lowest BCUT2D eigenvalue weighted by molar-refractivity contribution is -0.256. The minimum absolute atomic E-state index is 0.0284. The number of carboxylic acids is 2. The van der Waals surface area contributed by atoms with E-state index in [1.54, 1.807) is 85.7 Å². The van der Waals surface area contributed by atoms with Crippen molar-refractivity contribution in [1.29, 1.82) is 0 Å². The average Bonchev–Trinajstić information content (AvgIpc) is 3.17. The highest BCUT2D eigenvalue weighted by molar-refractivity contribution is 7.99. The van der Waals surface area contributed by atoms with E-state index in [2.05, 4.69) is 55.4 Å². The molecule has 53 heavy (non-hydrogen) atoms. The van der Waals surface area contributed by atoms with Crippen LogP contribution in [0.4, 0.5) is 0 Å². The molecular weight excluding hydrogens is 711 g/mol. The monoisotopic (exact) mass is 791 g/mol. The number of benzene rings is 2. The number of carbonyl (C=O) groups is 2. The van der Waals surface area contributed by atoms with Crippen LogP contribution < -0.4 is 10.2 Å². The lowest BCUT2D eigenvalue weighted by Crippen LogP contribution is -2.23. The van der Waals surface area contributed by atoms with E-state index in [1.807, 2.05) is 0 Å². The summed E-state index contributed by atoms with van der Waals surface area (Å²) in [5.41, 5.74) is 0.0568. The van der Waals surface area contributed by atoms with Gasteiger partial charge in [0.2, 0.25) is 0 Å². The van der Waals surface area contributed by atoms with Gasteiger partial charge >= 0.3 is 0 Å². The van der Waals surface area contributed by atoms with Crippen LogP contribution in [0.25, 0.3) is 0 Å². The standard InChI is InChI=1S/2C16H36P.C14H10O4S/c2*1-5-9-13-17(14-10-6-2,15-11-7-3)16-12-8-4;15-13(16)9-5-1-3-7-11(9)19-12-8-4-2-6-10(12)14(17)18/h2*5-16H2,1-4H3;1-8H,(H,15,16)(H,17,18)/q2*+1;/p-2. The van der Waals surface area contributed by atoms with Crippen LogP contribution in [0.2, 0.25) is 0 Å². The van der Waals surface area contributed by atoms with Crippen molar-refractivity contribution in [3.05, 3.63) is 59.7 Å². The second kappa shape index (κ2) is 32.8. The summed E-state index contributed by atoms with van der Waals surface area (Å²) in [5, 5.41) is 22.0. The third-order valence-corrected chi connectivity index (χ3v) is 21.6. The van der Waals surface area contributed by atoms with Crippen molar-refractivity contribution in [1.82, 2.24) is 0 Å². The molecule has 0 fully saturated rings. The maximum Gasteiger partial charge on any atom is 0.0726 e. The van der Waals surface area contributed by atoms with Crippen molar-refractivity contribution >= 4 is 38.2 Å². The Kier molecular flexibility index (Phi) is 31.9. The van der Waals surface area contributed by atoms with Gasteiger partial charge in [-0.25, -0.2) is 0 Å². The predicted molar refractivity (Wildman–Crippen MR) is 238 cm³/mol. The average molecular weight is 791 g/mol. The summed E-state index contributed by atoms with van der Waals surface area (Å²) in [6.45, 7) is 18.8. The van der Waals surface area contributed by atoms with E-state index in [0.717, 1.165) is 11.8 Å². The molecular formula is C46H80O4P2S. The Bertz CT molecular complexity index is 1040. The summed E-state index contributed by atoms with van der Waals surface area (Å²) in [6.07, 6.45) is 35.9. The Morgan fingerprint density at radius 1 is 0.415 bits per heavy atom. The number of hydrogen-bond acceptors (Lipinski definition) is 5. The van der Waals surface area contributed by atoms with E-state index in [9.17, 15) is 19.8 Å². The van der Waals surface area contributed by atoms with Crippen LogP contribution in [-0.2, 0) is 0 Å². The molecule has 0 aliphatic rings. The predicted octanol–water partition coefficient (Wildman–Crippen LogP) is 13.0. The molecule has 4 nitrogen and oxygen atoms in total. The molecule has 0 N–H and O–H groups in total. The van der Waals surface area contributed by atoms with Gasteiger partial charge in [-0.1, -0.05) is 155 Å². The molecule has 0 spiro atoms. The number of aromatic carboxylic acids is 2. The molecule has 0 heterocycles. The highest BCUT2D eigenvalue weighted by atomic mass is 32.2. The molecule has 304 valence electrons. The second-order valence-electron chi connectivity index (χ2n) is 15.0. The van der Waals surface area contributed by atoms with Gasteiger partial charge in [0.05, 0.1) is 61.2 Å². The van der Waals surface area contributed by atoms with Gasteiger partial charge in [-0.15, -0.1) is 0 Å². The number of hydrogen-bond donors (Lipinski definition) is 0. The Balaban J connectivity index is 0.000000768. The van der Waals surface area contributed by atoms with Gasteiger partial charge in [0.1, 0.15) is 0 Å². The van der Waals surface area contributed by atoms with Gasteiger partial charge in [0, 0.05) is 35.4 Å². The fourth-order valence-electron chi connectivity index (χ4n) is 6.86. The van der Waals surface area contributed by atoms with E-state index in [4.69, 9.17) is 0 Å². The molecule has 0 aromatic heterocycles. The maximum absolute atomic E-state index is 11.0. The molecule has 0 bridgehead atoms. The Hall–Kier alpha value is -1.41. The minimum Gasteiger partial charge on any atom is -0.545 e. The largest absolute Gasteiger partial charge is 0.545 e. The zero-order valence-corrected chi connectivity index (χ0v) is 38.1. The Labute approximate surface area is 333 Å². The number of carbonyl (C=O) groups excluding carboxylic acids is 2. The number of carboxylic acid groups (broad SMARTS) is 2. The normalized spacial score (nSPS) is 11.3. The van der Waals surface area contributed by atoms with Crippen molar-refractivity contribution in [2.24, 2.45) is 0 Å². The van der Waals surface area contributed by atoms with Crippen molar-refractivity contribution in [2.45, 2.75) is 168 Å². The molecule has 0 saturated heterocycles. The van der Waals surface area contributed by atoms with Gasteiger partial charge in [0.25, 0.3) is 0 Å². The first kappa shape index (κ1) is 51.6. The molecule has 0 aliphatic carbocycles. The molecule has 2 aromatic rings. The highest BCUT2D eigenvalue weighted by Crippen LogP contribution is 2.62. The van der Waals surface area contributed by atoms with E-state index in [-0.39, 0.29) is 11.1 Å². The first-order chi connectivity index (χ1) is 25.6. The number of rotatable bonds is 28. The van der Waals surface area contributed by atoms with E-state index in [0.29, 0.717) is 9.79 Å². The lowest BCUT2D eigenvalue weighted by atomic mass is 10.2. The van der Waals surface area contributed by atoms with E-state index in [1.165, 1.54) is 115 Å². The molecule has 0 atom stereocenters. The van der Waals surface area contributed by atoms with Crippen LogP contribution in [0.1, 0.15) is 179 Å². The fraction of sp³-hybridized carbons (Fsp3) is 0.696. The second-order valence-corrected chi connectivity index (χ2v) is 25.0. The van der Waals surface area contributed by atoms with Gasteiger partial charge in [-0.05, 0) is 63.5 Å². The summed E-state index contributed by atoms with van der Waals surface area (Å²) in [4.78, 5) is 22.8. The van der Waals surface area contributed by atoms with Crippen molar-refractivity contribution < 1.29 is 19.8 Å². The summed E-state index contributed by atoms with van der Waals surface area (Å²) in [5.74, 6) is -2.59. The smallest absolute Gasteiger partial charge is 0.0726 e. The van der Waals surface area contributed by atoms with Crippen LogP contribution in [0, 0.1) is 0 Å². The Morgan fingerprint density at radius 2 is 0.623 bits per heavy atom. The SMILES string of the molecule is CCCC[P+](CCCC)(CCCC)CCCC.CCCC[P+](CCCC)(CCCC)CCCC.O=C([O-])c1ccccc1Sc1ccccc1C(=O)[O-]. The van der Waals surface area contributed by atoms with Gasteiger partial charge in [0.15, 0.2) is 0 Å². The summed E-state index contributed by atoms with van der Waals surface area (Å²) in [7, 11) is -1.12. The van der Waals surface area contributed by atoms with Gasteiger partial charge < -0.3 is 19.8 Å². The van der Waals surface area contributed by atoms with Crippen LogP contribution >= 0.6 is 26.3 Å². The fourth-order valence-corrected chi connectivity index (χ4v) is 18.5. The third kappa shape index (κ3) is 22.7. The van der Waals surface area contributed by atoms with Crippen LogP contribution in [-0.4, -0.2) is 61.2 Å². The third-order valence-electron chi connectivity index (χ3n) is 10.3. The first-order valence-electron chi connectivity index (χ1n) is 21.6. The lowest BCUT2D eigenvalue weighted by Gasteiger charge is -2.28. The van der Waals surface area contributed by atoms with Gasteiger partial charge in [-0.2, -0.15) is 0 Å². The summed E-state index contributed by atoms with van der Waals surface area (Å²) >= 11 is 1.06. The molecule has 0 saturated carbocycles.